The van der Waals surface area contributed by atoms with E-state index >= 15 is 0 Å². The van der Waals surface area contributed by atoms with Gasteiger partial charge >= 0.3 is 0 Å². The molecular weight excluding hydrogens is 270 g/mol. The first kappa shape index (κ1) is 13.5. The molecule has 2 aromatic rings. The summed E-state index contributed by atoms with van der Waals surface area (Å²) >= 11 is 1.92. The van der Waals surface area contributed by atoms with Gasteiger partial charge in [0.15, 0.2) is 0 Å². The van der Waals surface area contributed by atoms with E-state index in [9.17, 15) is 5.11 Å². The van der Waals surface area contributed by atoms with Gasteiger partial charge in [-0.3, -0.25) is 4.90 Å². The lowest BCUT2D eigenvalue weighted by Gasteiger charge is -2.31. The molecule has 1 aliphatic rings. The maximum Gasteiger partial charge on any atom is 0.120 e. The predicted octanol–water partition coefficient (Wildman–Crippen LogP) is 2.87. The van der Waals surface area contributed by atoms with Gasteiger partial charge in [0.2, 0.25) is 0 Å². The van der Waals surface area contributed by atoms with Crippen LogP contribution < -0.4 is 0 Å². The Labute approximate surface area is 123 Å². The standard InChI is InChI=1S/C15H19N3OS/c19-12-1-3-13(4-2-12)20-14-5-9-18(10-6-14)11-15-16-7-8-17-15/h1-4,7-8,14,19H,5-6,9-11H2,(H,16,17). The number of nitrogens with zero attached hydrogens (tertiary/aromatic N) is 2. The van der Waals surface area contributed by atoms with Gasteiger partial charge < -0.3 is 10.1 Å². The second kappa shape index (κ2) is 6.33. The average Bonchev–Trinajstić information content (AvgIpc) is 2.96. The highest BCUT2D eigenvalue weighted by atomic mass is 32.2. The Morgan fingerprint density at radius 3 is 2.65 bits per heavy atom. The molecule has 0 aliphatic carbocycles. The Balaban J connectivity index is 1.47. The molecule has 3 rings (SSSR count). The number of thioether (sulfide) groups is 1. The summed E-state index contributed by atoms with van der Waals surface area (Å²) in [6, 6.07) is 7.51. The number of H-pyrrole nitrogens is 1. The molecule has 1 aromatic heterocycles. The van der Waals surface area contributed by atoms with E-state index in [4.69, 9.17) is 0 Å². The molecule has 1 aliphatic heterocycles. The van der Waals surface area contributed by atoms with E-state index in [0.29, 0.717) is 11.0 Å². The second-order valence-electron chi connectivity index (χ2n) is 5.12. The molecule has 0 spiro atoms. The molecule has 0 saturated carbocycles. The Kier molecular flexibility index (Phi) is 4.28. The second-order valence-corrected chi connectivity index (χ2v) is 6.50. The van der Waals surface area contributed by atoms with E-state index in [2.05, 4.69) is 14.9 Å². The Morgan fingerprint density at radius 2 is 2.00 bits per heavy atom. The summed E-state index contributed by atoms with van der Waals surface area (Å²) in [6.45, 7) is 3.16. The van der Waals surface area contributed by atoms with Crippen LogP contribution in [0.1, 0.15) is 18.7 Å². The van der Waals surface area contributed by atoms with Crippen molar-refractivity contribution < 1.29 is 5.11 Å². The van der Waals surface area contributed by atoms with E-state index in [1.807, 2.05) is 36.3 Å². The number of rotatable bonds is 4. The van der Waals surface area contributed by atoms with Gasteiger partial charge in [0.1, 0.15) is 11.6 Å². The van der Waals surface area contributed by atoms with Crippen molar-refractivity contribution in [1.82, 2.24) is 14.9 Å². The van der Waals surface area contributed by atoms with Crippen LogP contribution in [-0.2, 0) is 6.54 Å². The molecule has 0 amide bonds. The number of benzene rings is 1. The number of aromatic amines is 1. The minimum absolute atomic E-state index is 0.336. The zero-order valence-corrected chi connectivity index (χ0v) is 12.1. The van der Waals surface area contributed by atoms with Crippen molar-refractivity contribution in [2.45, 2.75) is 29.5 Å². The van der Waals surface area contributed by atoms with Crippen LogP contribution in [-0.4, -0.2) is 38.3 Å². The molecule has 1 saturated heterocycles. The largest absolute Gasteiger partial charge is 0.508 e. The van der Waals surface area contributed by atoms with Crippen LogP contribution in [0.4, 0.5) is 0 Å². The maximum atomic E-state index is 9.29. The van der Waals surface area contributed by atoms with E-state index in [-0.39, 0.29) is 0 Å². The Morgan fingerprint density at radius 1 is 1.25 bits per heavy atom. The number of piperidine rings is 1. The fraction of sp³-hybridized carbons (Fsp3) is 0.400. The minimum atomic E-state index is 0.336. The summed E-state index contributed by atoms with van der Waals surface area (Å²) in [5, 5.41) is 9.97. The normalized spacial score (nSPS) is 17.4. The lowest BCUT2D eigenvalue weighted by Crippen LogP contribution is -2.34. The van der Waals surface area contributed by atoms with Crippen LogP contribution in [0.25, 0.3) is 0 Å². The van der Waals surface area contributed by atoms with Crippen molar-refractivity contribution in [1.29, 1.82) is 0 Å². The zero-order valence-electron chi connectivity index (χ0n) is 11.3. The number of hydrogen-bond acceptors (Lipinski definition) is 4. The van der Waals surface area contributed by atoms with Crippen LogP contribution >= 0.6 is 11.8 Å². The highest BCUT2D eigenvalue weighted by Gasteiger charge is 2.20. The van der Waals surface area contributed by atoms with E-state index in [0.717, 1.165) is 25.5 Å². The summed E-state index contributed by atoms with van der Waals surface area (Å²) in [5.74, 6) is 1.39. The Bertz CT molecular complexity index is 519. The molecule has 4 nitrogen and oxygen atoms in total. The van der Waals surface area contributed by atoms with Crippen LogP contribution in [0.5, 0.6) is 5.75 Å². The van der Waals surface area contributed by atoms with Crippen LogP contribution in [0.3, 0.4) is 0 Å². The first-order valence-electron chi connectivity index (χ1n) is 6.96. The molecule has 0 radical (unpaired) electrons. The summed E-state index contributed by atoms with van der Waals surface area (Å²) < 4.78 is 0. The monoisotopic (exact) mass is 289 g/mol. The number of aromatic nitrogens is 2. The number of phenolic OH excluding ortho intramolecular Hbond substituents is 1. The maximum absolute atomic E-state index is 9.29. The van der Waals surface area contributed by atoms with Gasteiger partial charge in [0.25, 0.3) is 0 Å². The molecule has 1 fully saturated rings. The number of aromatic hydroxyl groups is 1. The van der Waals surface area contributed by atoms with Crippen molar-refractivity contribution >= 4 is 11.8 Å². The molecule has 106 valence electrons. The average molecular weight is 289 g/mol. The molecule has 20 heavy (non-hydrogen) atoms. The molecule has 0 atom stereocenters. The van der Waals surface area contributed by atoms with Crippen LogP contribution in [0, 0.1) is 0 Å². The highest BCUT2D eigenvalue weighted by molar-refractivity contribution is 8.00. The number of hydrogen-bond donors (Lipinski definition) is 2. The summed E-state index contributed by atoms with van der Waals surface area (Å²) in [7, 11) is 0. The lowest BCUT2D eigenvalue weighted by molar-refractivity contribution is 0.220. The van der Waals surface area contributed by atoms with Crippen molar-refractivity contribution in [3.63, 3.8) is 0 Å². The third-order valence-corrected chi connectivity index (χ3v) is 4.95. The van der Waals surface area contributed by atoms with Gasteiger partial charge in [-0.25, -0.2) is 4.98 Å². The molecule has 5 heteroatoms. The summed E-state index contributed by atoms with van der Waals surface area (Å²) in [4.78, 5) is 11.1. The molecule has 0 bridgehead atoms. The van der Waals surface area contributed by atoms with Crippen LogP contribution in [0.15, 0.2) is 41.6 Å². The van der Waals surface area contributed by atoms with E-state index < -0.39 is 0 Å². The van der Waals surface area contributed by atoms with Gasteiger partial charge in [-0.15, -0.1) is 11.8 Å². The molecular formula is C15H19N3OS. The summed E-state index contributed by atoms with van der Waals surface area (Å²) in [6.07, 6.45) is 6.09. The van der Waals surface area contributed by atoms with Crippen molar-refractivity contribution in [2.75, 3.05) is 13.1 Å². The SMILES string of the molecule is Oc1ccc(SC2CCN(Cc3ncc[nH]3)CC2)cc1. The number of phenols is 1. The van der Waals surface area contributed by atoms with E-state index in [1.54, 1.807) is 12.1 Å². The fourth-order valence-corrected chi connectivity index (χ4v) is 3.62. The van der Waals surface area contributed by atoms with E-state index in [1.165, 1.54) is 17.7 Å². The van der Waals surface area contributed by atoms with Gasteiger partial charge in [-0.05, 0) is 50.2 Å². The van der Waals surface area contributed by atoms with Gasteiger partial charge in [0, 0.05) is 22.5 Å². The molecule has 2 N–H and O–H groups in total. The summed E-state index contributed by atoms with van der Waals surface area (Å²) in [5.41, 5.74) is 0. The predicted molar refractivity (Wildman–Crippen MR) is 80.9 cm³/mol. The Hall–Kier alpha value is -1.46. The van der Waals surface area contributed by atoms with Gasteiger partial charge in [-0.1, -0.05) is 0 Å². The molecule has 0 unspecified atom stereocenters. The van der Waals surface area contributed by atoms with Crippen molar-refractivity contribution in [3.05, 3.63) is 42.5 Å². The molecule has 2 heterocycles. The smallest absolute Gasteiger partial charge is 0.120 e. The number of nitrogens with one attached hydrogen (secondary N) is 1. The number of imidazole rings is 1. The quantitative estimate of drug-likeness (QED) is 0.908. The first-order chi connectivity index (χ1) is 9.79. The third kappa shape index (κ3) is 3.55. The lowest BCUT2D eigenvalue weighted by atomic mass is 10.1. The first-order valence-corrected chi connectivity index (χ1v) is 7.84. The van der Waals surface area contributed by atoms with Crippen LogP contribution in [0.2, 0.25) is 0 Å². The topological polar surface area (TPSA) is 52.1 Å². The van der Waals surface area contributed by atoms with Crippen molar-refractivity contribution in [2.24, 2.45) is 0 Å². The third-order valence-electron chi connectivity index (χ3n) is 3.60. The van der Waals surface area contributed by atoms with Crippen molar-refractivity contribution in [3.8, 4) is 5.75 Å². The fourth-order valence-electron chi connectivity index (χ4n) is 2.50. The zero-order chi connectivity index (χ0) is 13.8. The van der Waals surface area contributed by atoms with Gasteiger partial charge in [-0.2, -0.15) is 0 Å². The molecule has 1 aromatic carbocycles. The minimum Gasteiger partial charge on any atom is -0.508 e. The number of likely N-dealkylation sites (tertiary alicyclic amines) is 1. The highest BCUT2D eigenvalue weighted by Crippen LogP contribution is 2.31. The van der Waals surface area contributed by atoms with Gasteiger partial charge in [0.05, 0.1) is 6.54 Å².